The van der Waals surface area contributed by atoms with Crippen LogP contribution >= 0.6 is 0 Å². The van der Waals surface area contributed by atoms with Crippen molar-refractivity contribution < 1.29 is 14.7 Å². The Kier molecular flexibility index (Phi) is 4.02. The summed E-state index contributed by atoms with van der Waals surface area (Å²) < 4.78 is 0. The molecule has 2 heterocycles. The molecule has 0 saturated carbocycles. The Balaban J connectivity index is 2.19. The molecule has 2 saturated heterocycles. The van der Waals surface area contributed by atoms with Gasteiger partial charge in [0.2, 0.25) is 0 Å². The summed E-state index contributed by atoms with van der Waals surface area (Å²) in [6.07, 6.45) is 5.04. The maximum absolute atomic E-state index is 12.7. The lowest BCUT2D eigenvalue weighted by molar-refractivity contribution is -0.148. The molecule has 0 spiro atoms. The van der Waals surface area contributed by atoms with Gasteiger partial charge in [-0.15, -0.1) is 0 Å². The predicted molar refractivity (Wildman–Crippen MR) is 72.0 cm³/mol. The van der Waals surface area contributed by atoms with Crippen LogP contribution in [0, 0.1) is 0 Å². The molecule has 0 aromatic carbocycles. The molecule has 19 heavy (non-hydrogen) atoms. The fraction of sp³-hybridized carbons (Fsp3) is 0.857. The van der Waals surface area contributed by atoms with E-state index in [9.17, 15) is 14.7 Å². The highest BCUT2D eigenvalue weighted by molar-refractivity contribution is 5.87. The minimum Gasteiger partial charge on any atom is -0.479 e. The number of piperidine rings is 1. The summed E-state index contributed by atoms with van der Waals surface area (Å²) in [7, 11) is 0. The summed E-state index contributed by atoms with van der Waals surface area (Å²) in [4.78, 5) is 27.8. The van der Waals surface area contributed by atoms with Crippen molar-refractivity contribution in [2.45, 2.75) is 64.0 Å². The highest BCUT2D eigenvalue weighted by Crippen LogP contribution is 2.34. The van der Waals surface area contributed by atoms with Gasteiger partial charge in [-0.1, -0.05) is 6.92 Å². The van der Waals surface area contributed by atoms with E-state index in [1.54, 1.807) is 4.90 Å². The summed E-state index contributed by atoms with van der Waals surface area (Å²) in [5, 5.41) is 9.53. The first kappa shape index (κ1) is 14.2. The molecule has 0 aromatic heterocycles. The van der Waals surface area contributed by atoms with Gasteiger partial charge in [0, 0.05) is 19.1 Å². The summed E-state index contributed by atoms with van der Waals surface area (Å²) in [6.45, 7) is 5.25. The standard InChI is InChI=1S/C14H24N2O3/c1-3-14(12(17)18)8-6-10-16(14)13(19)15-9-5-4-7-11(15)2/h11H,3-10H2,1-2H3,(H,17,18). The molecule has 2 aliphatic rings. The molecule has 1 N–H and O–H groups in total. The van der Waals surface area contributed by atoms with E-state index in [1.165, 1.54) is 0 Å². The van der Waals surface area contributed by atoms with E-state index in [1.807, 2.05) is 11.8 Å². The molecule has 5 nitrogen and oxygen atoms in total. The third-order valence-electron chi connectivity index (χ3n) is 4.75. The van der Waals surface area contributed by atoms with E-state index in [2.05, 4.69) is 6.92 Å². The lowest BCUT2D eigenvalue weighted by atomic mass is 9.93. The summed E-state index contributed by atoms with van der Waals surface area (Å²) in [5.41, 5.74) is -0.978. The molecule has 2 rings (SSSR count). The molecule has 2 unspecified atom stereocenters. The average molecular weight is 268 g/mol. The van der Waals surface area contributed by atoms with Gasteiger partial charge in [0.25, 0.3) is 0 Å². The van der Waals surface area contributed by atoms with Crippen molar-refractivity contribution in [2.24, 2.45) is 0 Å². The van der Waals surface area contributed by atoms with Gasteiger partial charge in [-0.3, -0.25) is 0 Å². The number of amides is 2. The fourth-order valence-corrected chi connectivity index (χ4v) is 3.44. The number of hydrogen-bond donors (Lipinski definition) is 1. The molecular weight excluding hydrogens is 244 g/mol. The Labute approximate surface area is 114 Å². The van der Waals surface area contributed by atoms with E-state index in [-0.39, 0.29) is 12.1 Å². The lowest BCUT2D eigenvalue weighted by Crippen LogP contribution is -2.58. The Morgan fingerprint density at radius 3 is 2.58 bits per heavy atom. The first-order chi connectivity index (χ1) is 9.03. The highest BCUT2D eigenvalue weighted by Gasteiger charge is 2.50. The van der Waals surface area contributed by atoms with Crippen LogP contribution in [-0.4, -0.2) is 51.6 Å². The Morgan fingerprint density at radius 1 is 1.26 bits per heavy atom. The molecule has 0 aromatic rings. The first-order valence-electron chi connectivity index (χ1n) is 7.34. The zero-order valence-corrected chi connectivity index (χ0v) is 11.9. The van der Waals surface area contributed by atoms with Gasteiger partial charge in [0.1, 0.15) is 5.54 Å². The number of carboxylic acids is 1. The van der Waals surface area contributed by atoms with E-state index >= 15 is 0 Å². The summed E-state index contributed by atoms with van der Waals surface area (Å²) in [5.74, 6) is -0.856. The first-order valence-corrected chi connectivity index (χ1v) is 7.34. The molecule has 2 aliphatic heterocycles. The van der Waals surface area contributed by atoms with E-state index in [0.717, 1.165) is 32.2 Å². The van der Waals surface area contributed by atoms with Crippen LogP contribution in [0.3, 0.4) is 0 Å². The monoisotopic (exact) mass is 268 g/mol. The van der Waals surface area contributed by atoms with Gasteiger partial charge in [0.15, 0.2) is 0 Å². The van der Waals surface area contributed by atoms with Crippen LogP contribution < -0.4 is 0 Å². The van der Waals surface area contributed by atoms with Crippen LogP contribution in [0.25, 0.3) is 0 Å². The summed E-state index contributed by atoms with van der Waals surface area (Å²) >= 11 is 0. The molecule has 108 valence electrons. The second-order valence-electron chi connectivity index (χ2n) is 5.77. The second kappa shape index (κ2) is 5.39. The minimum absolute atomic E-state index is 0.0750. The van der Waals surface area contributed by atoms with Gasteiger partial charge in [-0.2, -0.15) is 0 Å². The third kappa shape index (κ3) is 2.30. The maximum atomic E-state index is 12.7. The number of rotatable bonds is 2. The molecule has 2 fully saturated rings. The SMILES string of the molecule is CCC1(C(=O)O)CCCN1C(=O)N1CCCCC1C. The Bertz CT molecular complexity index is 372. The van der Waals surface area contributed by atoms with Crippen molar-refractivity contribution in [3.63, 3.8) is 0 Å². The lowest BCUT2D eigenvalue weighted by Gasteiger charge is -2.41. The van der Waals surface area contributed by atoms with Crippen molar-refractivity contribution in [3.8, 4) is 0 Å². The number of hydrogen-bond acceptors (Lipinski definition) is 2. The number of carbonyl (C=O) groups is 2. The largest absolute Gasteiger partial charge is 0.479 e. The van der Waals surface area contributed by atoms with Crippen LogP contribution in [0.15, 0.2) is 0 Å². The number of nitrogens with zero attached hydrogens (tertiary/aromatic N) is 2. The molecule has 0 aliphatic carbocycles. The van der Waals surface area contributed by atoms with Crippen LogP contribution in [0.2, 0.25) is 0 Å². The zero-order chi connectivity index (χ0) is 14.0. The molecule has 2 atom stereocenters. The van der Waals surface area contributed by atoms with Gasteiger partial charge >= 0.3 is 12.0 Å². The van der Waals surface area contributed by atoms with Crippen molar-refractivity contribution in [2.75, 3.05) is 13.1 Å². The Morgan fingerprint density at radius 2 is 2.00 bits per heavy atom. The van der Waals surface area contributed by atoms with E-state index in [4.69, 9.17) is 0 Å². The maximum Gasteiger partial charge on any atom is 0.329 e. The van der Waals surface area contributed by atoms with Crippen LogP contribution in [-0.2, 0) is 4.79 Å². The van der Waals surface area contributed by atoms with Crippen molar-refractivity contribution >= 4 is 12.0 Å². The molecule has 5 heteroatoms. The number of aliphatic carboxylic acids is 1. The number of likely N-dealkylation sites (tertiary alicyclic amines) is 2. The Hall–Kier alpha value is -1.26. The topological polar surface area (TPSA) is 60.9 Å². The quantitative estimate of drug-likeness (QED) is 0.836. The van der Waals surface area contributed by atoms with Gasteiger partial charge in [0.05, 0.1) is 0 Å². The van der Waals surface area contributed by atoms with Crippen LogP contribution in [0.4, 0.5) is 4.79 Å². The smallest absolute Gasteiger partial charge is 0.329 e. The minimum atomic E-state index is -0.978. The zero-order valence-electron chi connectivity index (χ0n) is 11.9. The number of carbonyl (C=O) groups excluding carboxylic acids is 1. The third-order valence-corrected chi connectivity index (χ3v) is 4.75. The predicted octanol–water partition coefficient (Wildman–Crippen LogP) is 2.31. The van der Waals surface area contributed by atoms with Gasteiger partial charge in [-0.05, 0) is 45.4 Å². The molecule has 2 amide bonds. The normalized spacial score (nSPS) is 31.6. The van der Waals surface area contributed by atoms with Crippen molar-refractivity contribution in [1.29, 1.82) is 0 Å². The van der Waals surface area contributed by atoms with Gasteiger partial charge in [-0.25, -0.2) is 9.59 Å². The van der Waals surface area contributed by atoms with E-state index < -0.39 is 11.5 Å². The summed E-state index contributed by atoms with van der Waals surface area (Å²) in [6, 6.07) is 0.152. The number of urea groups is 1. The number of carboxylic acid groups (broad SMARTS) is 1. The van der Waals surface area contributed by atoms with Crippen LogP contribution in [0.1, 0.15) is 52.4 Å². The van der Waals surface area contributed by atoms with Crippen LogP contribution in [0.5, 0.6) is 0 Å². The molecule has 0 bridgehead atoms. The fourth-order valence-electron chi connectivity index (χ4n) is 3.44. The van der Waals surface area contributed by atoms with Crippen molar-refractivity contribution in [3.05, 3.63) is 0 Å². The van der Waals surface area contributed by atoms with Crippen molar-refractivity contribution in [1.82, 2.24) is 9.80 Å². The van der Waals surface area contributed by atoms with Gasteiger partial charge < -0.3 is 14.9 Å². The second-order valence-corrected chi connectivity index (χ2v) is 5.77. The average Bonchev–Trinajstić information content (AvgIpc) is 2.83. The highest BCUT2D eigenvalue weighted by atomic mass is 16.4. The molecule has 0 radical (unpaired) electrons. The van der Waals surface area contributed by atoms with E-state index in [0.29, 0.717) is 19.4 Å². The molecular formula is C14H24N2O3.